The van der Waals surface area contributed by atoms with Crippen molar-refractivity contribution >= 4 is 17.2 Å². The predicted molar refractivity (Wildman–Crippen MR) is 97.0 cm³/mol. The van der Waals surface area contributed by atoms with Gasteiger partial charge in [0, 0.05) is 30.4 Å². The van der Waals surface area contributed by atoms with E-state index in [1.807, 2.05) is 29.2 Å². The first kappa shape index (κ1) is 17.1. The third kappa shape index (κ3) is 4.44. The molecule has 2 aromatic rings. The van der Waals surface area contributed by atoms with Crippen molar-refractivity contribution in [3.05, 3.63) is 58.3 Å². The standard InChI is InChI=1S/C19H24N2O2S/c1-15(18-8-5-11-24-18)21(13-16-6-3-2-4-7-16)19(22)12-17-14-23-10-9-20-17/h2-8,11,15,17,20H,9-10,12-14H2,1H3. The number of ether oxygens (including phenoxy) is 1. The fourth-order valence-electron chi connectivity index (χ4n) is 2.98. The maximum Gasteiger partial charge on any atom is 0.225 e. The van der Waals surface area contributed by atoms with Crippen molar-refractivity contribution in [2.24, 2.45) is 0 Å². The highest BCUT2D eigenvalue weighted by Crippen LogP contribution is 2.27. The van der Waals surface area contributed by atoms with Gasteiger partial charge in [0.05, 0.1) is 19.3 Å². The zero-order chi connectivity index (χ0) is 16.8. The Morgan fingerprint density at radius 1 is 1.33 bits per heavy atom. The van der Waals surface area contributed by atoms with E-state index in [0.717, 1.165) is 18.7 Å². The van der Waals surface area contributed by atoms with E-state index in [2.05, 4.69) is 35.8 Å². The van der Waals surface area contributed by atoms with E-state index < -0.39 is 0 Å². The van der Waals surface area contributed by atoms with E-state index in [9.17, 15) is 4.79 Å². The summed E-state index contributed by atoms with van der Waals surface area (Å²) in [5.74, 6) is 0.169. The highest BCUT2D eigenvalue weighted by Gasteiger charge is 2.26. The summed E-state index contributed by atoms with van der Waals surface area (Å²) in [6.07, 6.45) is 0.475. The number of hydrogen-bond donors (Lipinski definition) is 1. The molecule has 128 valence electrons. The molecular weight excluding hydrogens is 320 g/mol. The molecule has 1 saturated heterocycles. The predicted octanol–water partition coefficient (Wildman–Crippen LogP) is 3.22. The number of rotatable bonds is 6. The van der Waals surface area contributed by atoms with E-state index in [4.69, 9.17) is 4.74 Å². The Bertz CT molecular complexity index is 624. The van der Waals surface area contributed by atoms with Crippen LogP contribution in [0.2, 0.25) is 0 Å². The van der Waals surface area contributed by atoms with Crippen LogP contribution < -0.4 is 5.32 Å². The van der Waals surface area contributed by atoms with E-state index >= 15 is 0 Å². The summed E-state index contributed by atoms with van der Waals surface area (Å²) >= 11 is 1.70. The summed E-state index contributed by atoms with van der Waals surface area (Å²) in [7, 11) is 0. The second kappa shape index (κ2) is 8.42. The topological polar surface area (TPSA) is 41.6 Å². The molecule has 3 rings (SSSR count). The number of amides is 1. The molecule has 1 aromatic heterocycles. The minimum absolute atomic E-state index is 0.0715. The Morgan fingerprint density at radius 3 is 2.83 bits per heavy atom. The maximum atomic E-state index is 13.0. The highest BCUT2D eigenvalue weighted by atomic mass is 32.1. The Balaban J connectivity index is 1.74. The first-order chi connectivity index (χ1) is 11.7. The monoisotopic (exact) mass is 344 g/mol. The van der Waals surface area contributed by atoms with Gasteiger partial charge in [0.25, 0.3) is 0 Å². The van der Waals surface area contributed by atoms with Crippen LogP contribution >= 0.6 is 11.3 Å². The third-order valence-electron chi connectivity index (χ3n) is 4.36. The van der Waals surface area contributed by atoms with Gasteiger partial charge in [-0.2, -0.15) is 0 Å². The number of nitrogens with zero attached hydrogens (tertiary/aromatic N) is 1. The quantitative estimate of drug-likeness (QED) is 0.875. The molecule has 0 spiro atoms. The van der Waals surface area contributed by atoms with Crippen LogP contribution in [0.5, 0.6) is 0 Å². The number of benzene rings is 1. The third-order valence-corrected chi connectivity index (χ3v) is 5.40. The van der Waals surface area contributed by atoms with Gasteiger partial charge in [-0.1, -0.05) is 36.4 Å². The van der Waals surface area contributed by atoms with E-state index in [1.54, 1.807) is 11.3 Å². The average molecular weight is 344 g/mol. The molecule has 1 amide bonds. The van der Waals surface area contributed by atoms with Crippen LogP contribution in [0.1, 0.15) is 29.8 Å². The Labute approximate surface area is 147 Å². The van der Waals surface area contributed by atoms with Gasteiger partial charge in [0.1, 0.15) is 0 Å². The maximum absolute atomic E-state index is 13.0. The van der Waals surface area contributed by atoms with Crippen molar-refractivity contribution in [3.63, 3.8) is 0 Å². The molecule has 1 fully saturated rings. The van der Waals surface area contributed by atoms with Crippen molar-refractivity contribution in [2.45, 2.75) is 32.0 Å². The van der Waals surface area contributed by atoms with Gasteiger partial charge in [-0.05, 0) is 23.9 Å². The van der Waals surface area contributed by atoms with Crippen LogP contribution in [0, 0.1) is 0 Å². The normalized spacial score (nSPS) is 19.0. The summed E-state index contributed by atoms with van der Waals surface area (Å²) in [6.45, 7) is 4.89. The van der Waals surface area contributed by atoms with Crippen LogP contribution in [0.4, 0.5) is 0 Å². The smallest absolute Gasteiger partial charge is 0.225 e. The van der Waals surface area contributed by atoms with Crippen molar-refractivity contribution in [3.8, 4) is 0 Å². The van der Waals surface area contributed by atoms with Crippen LogP contribution in [0.15, 0.2) is 47.8 Å². The number of carbonyl (C=O) groups excluding carboxylic acids is 1. The molecule has 4 nitrogen and oxygen atoms in total. The lowest BCUT2D eigenvalue weighted by atomic mass is 10.1. The second-order valence-corrected chi connectivity index (χ2v) is 7.11. The highest BCUT2D eigenvalue weighted by molar-refractivity contribution is 7.10. The molecule has 1 aliphatic heterocycles. The summed E-state index contributed by atoms with van der Waals surface area (Å²) in [4.78, 5) is 16.2. The Hall–Kier alpha value is -1.69. The van der Waals surface area contributed by atoms with Gasteiger partial charge in [0.15, 0.2) is 0 Å². The van der Waals surface area contributed by atoms with Gasteiger partial charge in [-0.3, -0.25) is 4.79 Å². The molecule has 0 aliphatic carbocycles. The van der Waals surface area contributed by atoms with Crippen LogP contribution in [-0.2, 0) is 16.1 Å². The van der Waals surface area contributed by atoms with Crippen molar-refractivity contribution in [1.29, 1.82) is 0 Å². The van der Waals surface area contributed by atoms with Crippen LogP contribution in [-0.4, -0.2) is 36.6 Å². The van der Waals surface area contributed by atoms with E-state index in [0.29, 0.717) is 19.6 Å². The average Bonchev–Trinajstić information content (AvgIpc) is 3.15. The van der Waals surface area contributed by atoms with Crippen molar-refractivity contribution < 1.29 is 9.53 Å². The molecule has 24 heavy (non-hydrogen) atoms. The van der Waals surface area contributed by atoms with Crippen molar-refractivity contribution in [1.82, 2.24) is 10.2 Å². The SMILES string of the molecule is CC(c1cccs1)N(Cc1ccccc1)C(=O)CC1COCCN1. The van der Waals surface area contributed by atoms with Crippen molar-refractivity contribution in [2.75, 3.05) is 19.8 Å². The van der Waals surface area contributed by atoms with E-state index in [-0.39, 0.29) is 18.0 Å². The lowest BCUT2D eigenvalue weighted by Gasteiger charge is -2.31. The molecule has 0 saturated carbocycles. The number of nitrogens with one attached hydrogen (secondary N) is 1. The summed E-state index contributed by atoms with van der Waals surface area (Å²) < 4.78 is 5.48. The lowest BCUT2D eigenvalue weighted by molar-refractivity contribution is -0.135. The minimum atomic E-state index is 0.0715. The van der Waals surface area contributed by atoms with Gasteiger partial charge in [-0.25, -0.2) is 0 Å². The number of morpholine rings is 1. The van der Waals surface area contributed by atoms with E-state index in [1.165, 1.54) is 4.88 Å². The first-order valence-electron chi connectivity index (χ1n) is 8.42. The Morgan fingerprint density at radius 2 is 2.17 bits per heavy atom. The molecule has 0 radical (unpaired) electrons. The molecule has 2 atom stereocenters. The molecule has 0 bridgehead atoms. The summed E-state index contributed by atoms with van der Waals surface area (Å²) in [6, 6.07) is 14.5. The van der Waals surface area contributed by atoms with Crippen LogP contribution in [0.25, 0.3) is 0 Å². The first-order valence-corrected chi connectivity index (χ1v) is 9.30. The summed E-state index contributed by atoms with van der Waals surface area (Å²) in [5.41, 5.74) is 1.15. The van der Waals surface area contributed by atoms with Gasteiger partial charge >= 0.3 is 0 Å². The molecular formula is C19H24N2O2S. The van der Waals surface area contributed by atoms with Gasteiger partial charge in [0.2, 0.25) is 5.91 Å². The molecule has 1 aliphatic rings. The molecule has 1 aromatic carbocycles. The number of carbonyl (C=O) groups is 1. The molecule has 5 heteroatoms. The number of thiophene rings is 1. The van der Waals surface area contributed by atoms with Gasteiger partial charge in [-0.15, -0.1) is 11.3 Å². The summed E-state index contributed by atoms with van der Waals surface area (Å²) in [5, 5.41) is 5.44. The fourth-order valence-corrected chi connectivity index (χ4v) is 3.78. The zero-order valence-corrected chi connectivity index (χ0v) is 14.8. The number of hydrogen-bond acceptors (Lipinski definition) is 4. The lowest BCUT2D eigenvalue weighted by Crippen LogP contribution is -2.45. The Kier molecular flexibility index (Phi) is 6.01. The van der Waals surface area contributed by atoms with Gasteiger partial charge < -0.3 is 15.0 Å². The molecule has 1 N–H and O–H groups in total. The second-order valence-electron chi connectivity index (χ2n) is 6.13. The van der Waals surface area contributed by atoms with Crippen LogP contribution in [0.3, 0.4) is 0 Å². The fraction of sp³-hybridized carbons (Fsp3) is 0.421. The molecule has 2 heterocycles. The zero-order valence-electron chi connectivity index (χ0n) is 14.0. The minimum Gasteiger partial charge on any atom is -0.378 e. The largest absolute Gasteiger partial charge is 0.378 e. The molecule has 2 unspecified atom stereocenters.